The fourth-order valence-electron chi connectivity index (χ4n) is 2.78. The fraction of sp³-hybridized carbons (Fsp3) is 0. The predicted octanol–water partition coefficient (Wildman–Crippen LogP) is 7.45. The summed E-state index contributed by atoms with van der Waals surface area (Å²) in [6.45, 7) is 0. The Balaban J connectivity index is 1.36. The van der Waals surface area contributed by atoms with E-state index in [4.69, 9.17) is 9.78 Å². The van der Waals surface area contributed by atoms with Crippen molar-refractivity contribution in [1.82, 2.24) is 0 Å². The lowest BCUT2D eigenvalue weighted by molar-refractivity contribution is -0.187. The predicted molar refractivity (Wildman–Crippen MR) is 125 cm³/mol. The highest BCUT2D eigenvalue weighted by atomic mass is 17.2. The lowest BCUT2D eigenvalue weighted by Crippen LogP contribution is -2.11. The SMILES string of the molecule is O=C(OOC(=O)c1cccc(N=Nc2ccccc2)c1)c1cccc(N=Nc2ccccc2)c1. The zero-order chi connectivity index (χ0) is 23.6. The molecule has 4 aromatic carbocycles. The van der Waals surface area contributed by atoms with Crippen LogP contribution in [0.2, 0.25) is 0 Å². The summed E-state index contributed by atoms with van der Waals surface area (Å²) in [6, 6.07) is 31.0. The third-order valence-corrected chi connectivity index (χ3v) is 4.43. The van der Waals surface area contributed by atoms with Gasteiger partial charge >= 0.3 is 11.9 Å². The van der Waals surface area contributed by atoms with E-state index in [1.807, 2.05) is 36.4 Å². The summed E-state index contributed by atoms with van der Waals surface area (Å²) in [5.74, 6) is -1.69. The average Bonchev–Trinajstić information content (AvgIpc) is 2.90. The highest BCUT2D eigenvalue weighted by Crippen LogP contribution is 2.21. The second-order valence-corrected chi connectivity index (χ2v) is 6.91. The molecule has 8 nitrogen and oxygen atoms in total. The molecule has 0 radical (unpaired) electrons. The number of hydrogen-bond donors (Lipinski definition) is 0. The molecule has 8 heteroatoms. The summed E-state index contributed by atoms with van der Waals surface area (Å²) >= 11 is 0. The van der Waals surface area contributed by atoms with E-state index >= 15 is 0 Å². The van der Waals surface area contributed by atoms with E-state index < -0.39 is 11.9 Å². The molecule has 0 fully saturated rings. The van der Waals surface area contributed by atoms with Crippen LogP contribution in [0.4, 0.5) is 22.7 Å². The zero-order valence-corrected chi connectivity index (χ0v) is 17.8. The highest BCUT2D eigenvalue weighted by Gasteiger charge is 2.15. The van der Waals surface area contributed by atoms with Crippen molar-refractivity contribution >= 4 is 34.7 Å². The van der Waals surface area contributed by atoms with Crippen molar-refractivity contribution in [1.29, 1.82) is 0 Å². The van der Waals surface area contributed by atoms with Crippen molar-refractivity contribution in [3.05, 3.63) is 120 Å². The Kier molecular flexibility index (Phi) is 7.22. The number of carbonyl (C=O) groups excluding carboxylic acids is 2. The molecule has 0 spiro atoms. The smallest absolute Gasteiger partial charge is 0.242 e. The van der Waals surface area contributed by atoms with Gasteiger partial charge in [0.15, 0.2) is 0 Å². The Morgan fingerprint density at radius 2 is 0.794 bits per heavy atom. The number of benzene rings is 4. The van der Waals surface area contributed by atoms with Gasteiger partial charge in [0.1, 0.15) is 0 Å². The largest absolute Gasteiger partial charge is 0.386 e. The first-order valence-corrected chi connectivity index (χ1v) is 10.2. The van der Waals surface area contributed by atoms with E-state index in [0.717, 1.165) is 0 Å². The molecule has 4 rings (SSSR count). The number of azo groups is 2. The molecule has 166 valence electrons. The zero-order valence-electron chi connectivity index (χ0n) is 17.8. The number of rotatable bonds is 6. The van der Waals surface area contributed by atoms with Gasteiger partial charge in [-0.25, -0.2) is 19.4 Å². The first-order chi connectivity index (χ1) is 16.7. The van der Waals surface area contributed by atoms with E-state index in [-0.39, 0.29) is 11.1 Å². The third kappa shape index (κ3) is 6.27. The molecule has 4 aromatic rings. The standard InChI is InChI=1S/C26H18N4O4/c31-25(19-9-7-15-23(17-19)29-27-21-11-3-1-4-12-21)33-34-26(32)20-10-8-16-24(18-20)30-28-22-13-5-2-6-14-22/h1-18H. The minimum atomic E-state index is -0.843. The van der Waals surface area contributed by atoms with Crippen molar-refractivity contribution in [3.63, 3.8) is 0 Å². The van der Waals surface area contributed by atoms with Crippen molar-refractivity contribution in [2.24, 2.45) is 20.5 Å². The van der Waals surface area contributed by atoms with Crippen molar-refractivity contribution in [2.75, 3.05) is 0 Å². The highest BCUT2D eigenvalue weighted by molar-refractivity contribution is 5.93. The molecule has 0 atom stereocenters. The Labute approximate surface area is 195 Å². The summed E-state index contributed by atoms with van der Waals surface area (Å²) in [7, 11) is 0. The van der Waals surface area contributed by atoms with Crippen LogP contribution in [-0.2, 0) is 9.78 Å². The lowest BCUT2D eigenvalue weighted by atomic mass is 10.2. The van der Waals surface area contributed by atoms with Gasteiger partial charge in [0.05, 0.1) is 33.9 Å². The lowest BCUT2D eigenvalue weighted by Gasteiger charge is -2.04. The molecule has 0 aliphatic carbocycles. The second kappa shape index (κ2) is 11.1. The maximum Gasteiger partial charge on any atom is 0.386 e. The van der Waals surface area contributed by atoms with Crippen LogP contribution < -0.4 is 0 Å². The molecule has 0 aliphatic heterocycles. The van der Waals surface area contributed by atoms with E-state index in [2.05, 4.69) is 20.5 Å². The molecule has 0 N–H and O–H groups in total. The molecule has 0 bridgehead atoms. The van der Waals surface area contributed by atoms with E-state index in [0.29, 0.717) is 22.7 Å². The number of carbonyl (C=O) groups is 2. The van der Waals surface area contributed by atoms with Crippen LogP contribution in [0.15, 0.2) is 130 Å². The van der Waals surface area contributed by atoms with Crippen molar-refractivity contribution < 1.29 is 19.4 Å². The summed E-state index contributed by atoms with van der Waals surface area (Å²) in [6.07, 6.45) is 0. The number of nitrogens with zero attached hydrogens (tertiary/aromatic N) is 4. The first kappa shape index (κ1) is 22.2. The van der Waals surface area contributed by atoms with Crippen LogP contribution >= 0.6 is 0 Å². The van der Waals surface area contributed by atoms with Gasteiger partial charge in [-0.2, -0.15) is 20.5 Å². The second-order valence-electron chi connectivity index (χ2n) is 6.91. The average molecular weight is 450 g/mol. The molecule has 0 saturated carbocycles. The Morgan fingerprint density at radius 1 is 0.441 bits per heavy atom. The summed E-state index contributed by atoms with van der Waals surface area (Å²) in [5.41, 5.74) is 2.55. The molecule has 0 heterocycles. The van der Waals surface area contributed by atoms with Crippen LogP contribution in [0.1, 0.15) is 20.7 Å². The minimum Gasteiger partial charge on any atom is -0.242 e. The Morgan fingerprint density at radius 3 is 1.21 bits per heavy atom. The van der Waals surface area contributed by atoms with Crippen LogP contribution in [-0.4, -0.2) is 11.9 Å². The molecule has 0 saturated heterocycles. The van der Waals surface area contributed by atoms with E-state index in [1.165, 1.54) is 24.3 Å². The molecule has 0 amide bonds. The third-order valence-electron chi connectivity index (χ3n) is 4.43. The summed E-state index contributed by atoms with van der Waals surface area (Å²) in [5, 5.41) is 16.4. The maximum atomic E-state index is 12.3. The first-order valence-electron chi connectivity index (χ1n) is 10.2. The van der Waals surface area contributed by atoms with E-state index in [9.17, 15) is 9.59 Å². The van der Waals surface area contributed by atoms with Gasteiger partial charge in [0.25, 0.3) is 0 Å². The molecule has 34 heavy (non-hydrogen) atoms. The Hall–Kier alpha value is -4.98. The fourth-order valence-corrected chi connectivity index (χ4v) is 2.78. The van der Waals surface area contributed by atoms with Gasteiger partial charge in [-0.15, -0.1) is 0 Å². The topological polar surface area (TPSA) is 102 Å². The quantitative estimate of drug-likeness (QED) is 0.173. The molecular formula is C26H18N4O4. The van der Waals surface area contributed by atoms with Crippen LogP contribution in [0, 0.1) is 0 Å². The maximum absolute atomic E-state index is 12.3. The molecular weight excluding hydrogens is 432 g/mol. The van der Waals surface area contributed by atoms with Crippen molar-refractivity contribution in [2.45, 2.75) is 0 Å². The van der Waals surface area contributed by atoms with Gasteiger partial charge in [-0.3, -0.25) is 0 Å². The monoisotopic (exact) mass is 450 g/mol. The van der Waals surface area contributed by atoms with Crippen LogP contribution in [0.5, 0.6) is 0 Å². The molecule has 0 aromatic heterocycles. The van der Waals surface area contributed by atoms with E-state index in [1.54, 1.807) is 48.5 Å². The van der Waals surface area contributed by atoms with Gasteiger partial charge in [-0.1, -0.05) is 48.5 Å². The van der Waals surface area contributed by atoms with Crippen LogP contribution in [0.25, 0.3) is 0 Å². The van der Waals surface area contributed by atoms with Crippen molar-refractivity contribution in [3.8, 4) is 0 Å². The minimum absolute atomic E-state index is 0.155. The van der Waals surface area contributed by atoms with Gasteiger partial charge < -0.3 is 0 Å². The van der Waals surface area contributed by atoms with Gasteiger partial charge in [0, 0.05) is 0 Å². The molecule has 0 unspecified atom stereocenters. The van der Waals surface area contributed by atoms with Gasteiger partial charge in [-0.05, 0) is 60.7 Å². The summed E-state index contributed by atoms with van der Waals surface area (Å²) in [4.78, 5) is 34.1. The summed E-state index contributed by atoms with van der Waals surface area (Å²) < 4.78 is 0. The Bertz CT molecular complexity index is 1230. The van der Waals surface area contributed by atoms with Gasteiger partial charge in [0.2, 0.25) is 0 Å². The molecule has 0 aliphatic rings. The number of hydrogen-bond acceptors (Lipinski definition) is 8. The normalized spacial score (nSPS) is 10.9. The van der Waals surface area contributed by atoms with Crippen LogP contribution in [0.3, 0.4) is 0 Å².